The van der Waals surface area contributed by atoms with Crippen LogP contribution in [0.2, 0.25) is 0 Å². The molecule has 2 N–H and O–H groups in total. The molecule has 8 heteroatoms. The van der Waals surface area contributed by atoms with Crippen LogP contribution in [0.5, 0.6) is 11.5 Å². The van der Waals surface area contributed by atoms with Crippen molar-refractivity contribution in [3.63, 3.8) is 0 Å². The van der Waals surface area contributed by atoms with Gasteiger partial charge in [-0.2, -0.15) is 0 Å². The summed E-state index contributed by atoms with van der Waals surface area (Å²) in [6.45, 7) is 5.51. The zero-order chi connectivity index (χ0) is 21.9. The van der Waals surface area contributed by atoms with E-state index in [0.717, 1.165) is 92.2 Å². The molecule has 2 aromatic rings. The molecule has 1 amide bonds. The van der Waals surface area contributed by atoms with Crippen molar-refractivity contribution >= 4 is 22.6 Å². The summed E-state index contributed by atoms with van der Waals surface area (Å²) in [6.07, 6.45) is 4.74. The van der Waals surface area contributed by atoms with Gasteiger partial charge in [0.25, 0.3) is 0 Å². The normalized spacial score (nSPS) is 20.5. The Morgan fingerprint density at radius 3 is 2.84 bits per heavy atom. The van der Waals surface area contributed by atoms with Crippen LogP contribution in [0.1, 0.15) is 37.7 Å². The van der Waals surface area contributed by atoms with Crippen molar-refractivity contribution in [3.8, 4) is 11.5 Å². The van der Waals surface area contributed by atoms with Crippen molar-refractivity contribution in [1.29, 1.82) is 0 Å². The molecule has 32 heavy (non-hydrogen) atoms. The van der Waals surface area contributed by atoms with Crippen LogP contribution in [-0.4, -0.2) is 67.0 Å². The molecule has 8 nitrogen and oxygen atoms in total. The van der Waals surface area contributed by atoms with Crippen molar-refractivity contribution in [1.82, 2.24) is 15.2 Å². The minimum absolute atomic E-state index is 0.214. The topological polar surface area (TPSA) is 87.2 Å². The van der Waals surface area contributed by atoms with Crippen molar-refractivity contribution in [2.24, 2.45) is 5.92 Å². The molecule has 2 fully saturated rings. The number of benzene rings is 1. The quantitative estimate of drug-likeness (QED) is 0.609. The number of aromatic nitrogens is 1. The summed E-state index contributed by atoms with van der Waals surface area (Å²) in [5.41, 5.74) is 2.04. The van der Waals surface area contributed by atoms with E-state index in [9.17, 15) is 9.90 Å². The highest BCUT2D eigenvalue weighted by atomic mass is 16.7. The van der Waals surface area contributed by atoms with Crippen molar-refractivity contribution < 1.29 is 19.4 Å². The van der Waals surface area contributed by atoms with Gasteiger partial charge >= 0.3 is 0 Å². The molecule has 3 aliphatic heterocycles. The number of fused-ring (bicyclic) bond motifs is 2. The number of ether oxygens (including phenoxy) is 2. The highest BCUT2D eigenvalue weighted by Gasteiger charge is 2.24. The summed E-state index contributed by atoms with van der Waals surface area (Å²) in [5, 5.41) is 14.3. The number of anilines is 1. The number of carbonyl (C=O) groups excluding carboxylic acids is 1. The number of hydrogen-bond donors (Lipinski definition) is 2. The zero-order valence-electron chi connectivity index (χ0n) is 18.5. The summed E-state index contributed by atoms with van der Waals surface area (Å²) in [5.74, 6) is 3.06. The Balaban J connectivity index is 1.32. The first-order chi connectivity index (χ1) is 15.7. The molecule has 0 saturated carbocycles. The van der Waals surface area contributed by atoms with E-state index in [1.807, 2.05) is 17.0 Å². The molecule has 0 bridgehead atoms. The molecular weight excluding hydrogens is 408 g/mol. The Kier molecular flexibility index (Phi) is 6.32. The van der Waals surface area contributed by atoms with Crippen LogP contribution in [0.3, 0.4) is 0 Å². The smallest absolute Gasteiger partial charge is 0.231 e. The number of pyridine rings is 1. The Morgan fingerprint density at radius 2 is 2.03 bits per heavy atom. The maximum atomic E-state index is 11.8. The number of nitrogens with zero attached hydrogens (tertiary/aromatic N) is 3. The summed E-state index contributed by atoms with van der Waals surface area (Å²) in [4.78, 5) is 21.1. The molecule has 5 rings (SSSR count). The minimum Gasteiger partial charge on any atom is -0.454 e. The molecule has 1 atom stereocenters. The average molecular weight is 441 g/mol. The summed E-state index contributed by atoms with van der Waals surface area (Å²) in [6, 6.07) is 6.15. The van der Waals surface area contributed by atoms with E-state index in [-0.39, 0.29) is 25.2 Å². The lowest BCUT2D eigenvalue weighted by atomic mass is 9.98. The number of piperidine rings is 1. The average Bonchev–Trinajstić information content (AvgIpc) is 3.45. The zero-order valence-corrected chi connectivity index (χ0v) is 18.5. The van der Waals surface area contributed by atoms with E-state index >= 15 is 0 Å². The van der Waals surface area contributed by atoms with E-state index in [4.69, 9.17) is 14.5 Å². The van der Waals surface area contributed by atoms with Crippen LogP contribution in [0.4, 0.5) is 5.82 Å². The molecule has 3 aliphatic rings. The van der Waals surface area contributed by atoms with Gasteiger partial charge in [-0.05, 0) is 50.3 Å². The standard InChI is InChI=1S/C24H32N4O4/c29-15-17-4-1-8-28(14-17)24-19(13-25-6-3-9-27-7-2-5-23(27)30)10-18-11-21-22(32-16-31-21)12-20(18)26-24/h10-12,17,25,29H,1-9,13-16H2. The Morgan fingerprint density at radius 1 is 1.16 bits per heavy atom. The van der Waals surface area contributed by atoms with Gasteiger partial charge in [0, 0.05) is 62.8 Å². The van der Waals surface area contributed by atoms with Crippen molar-refractivity contribution in [2.45, 2.75) is 38.6 Å². The molecule has 1 unspecified atom stereocenters. The lowest BCUT2D eigenvalue weighted by molar-refractivity contribution is -0.127. The molecular formula is C24H32N4O4. The molecule has 0 radical (unpaired) electrons. The van der Waals surface area contributed by atoms with Crippen LogP contribution in [-0.2, 0) is 11.3 Å². The fourth-order valence-electron chi connectivity index (χ4n) is 4.97. The number of amides is 1. The second-order valence-electron chi connectivity index (χ2n) is 9.02. The maximum Gasteiger partial charge on any atom is 0.231 e. The van der Waals surface area contributed by atoms with Gasteiger partial charge < -0.3 is 29.7 Å². The number of nitrogens with one attached hydrogen (secondary N) is 1. The van der Waals surface area contributed by atoms with Gasteiger partial charge in [0.2, 0.25) is 12.7 Å². The lowest BCUT2D eigenvalue weighted by Gasteiger charge is -2.34. The highest BCUT2D eigenvalue weighted by molar-refractivity contribution is 5.85. The van der Waals surface area contributed by atoms with Gasteiger partial charge in [-0.1, -0.05) is 0 Å². The Hall–Kier alpha value is -2.58. The first-order valence-corrected chi connectivity index (χ1v) is 11.8. The Bertz CT molecular complexity index is 982. The second kappa shape index (κ2) is 9.50. The van der Waals surface area contributed by atoms with Crippen LogP contribution >= 0.6 is 0 Å². The molecule has 0 spiro atoms. The van der Waals surface area contributed by atoms with E-state index in [2.05, 4.69) is 16.3 Å². The van der Waals surface area contributed by atoms with Crippen LogP contribution in [0.15, 0.2) is 18.2 Å². The van der Waals surface area contributed by atoms with Crippen LogP contribution < -0.4 is 19.7 Å². The van der Waals surface area contributed by atoms with Gasteiger partial charge in [0.15, 0.2) is 11.5 Å². The fourth-order valence-corrected chi connectivity index (χ4v) is 4.97. The second-order valence-corrected chi connectivity index (χ2v) is 9.02. The van der Waals surface area contributed by atoms with E-state index in [0.29, 0.717) is 13.0 Å². The van der Waals surface area contributed by atoms with Gasteiger partial charge in [0.05, 0.1) is 5.52 Å². The fraction of sp³-hybridized carbons (Fsp3) is 0.583. The lowest BCUT2D eigenvalue weighted by Crippen LogP contribution is -2.38. The maximum absolute atomic E-state index is 11.8. The number of carbonyl (C=O) groups is 1. The first kappa shape index (κ1) is 21.3. The monoisotopic (exact) mass is 440 g/mol. The third kappa shape index (κ3) is 4.47. The predicted molar refractivity (Wildman–Crippen MR) is 122 cm³/mol. The number of likely N-dealkylation sites (tertiary alicyclic amines) is 1. The summed E-state index contributed by atoms with van der Waals surface area (Å²) >= 11 is 0. The first-order valence-electron chi connectivity index (χ1n) is 11.8. The van der Waals surface area contributed by atoms with Crippen molar-refractivity contribution in [2.75, 3.05) is 51.0 Å². The highest BCUT2D eigenvalue weighted by Crippen LogP contribution is 2.37. The van der Waals surface area contributed by atoms with Crippen molar-refractivity contribution in [3.05, 3.63) is 23.8 Å². The molecule has 1 aromatic heterocycles. The predicted octanol–water partition coefficient (Wildman–Crippen LogP) is 2.27. The summed E-state index contributed by atoms with van der Waals surface area (Å²) in [7, 11) is 0. The molecule has 1 aromatic carbocycles. The van der Waals surface area contributed by atoms with Gasteiger partial charge in [0.1, 0.15) is 5.82 Å². The van der Waals surface area contributed by atoms with Crippen LogP contribution in [0.25, 0.3) is 10.9 Å². The number of aliphatic hydroxyl groups is 1. The number of aliphatic hydroxyl groups excluding tert-OH is 1. The van der Waals surface area contributed by atoms with E-state index < -0.39 is 0 Å². The molecule has 0 aliphatic carbocycles. The molecule has 2 saturated heterocycles. The third-order valence-corrected chi connectivity index (χ3v) is 6.71. The minimum atomic E-state index is 0.214. The van der Waals surface area contributed by atoms with Gasteiger partial charge in [-0.3, -0.25) is 4.79 Å². The largest absolute Gasteiger partial charge is 0.454 e. The number of hydrogen-bond acceptors (Lipinski definition) is 7. The third-order valence-electron chi connectivity index (χ3n) is 6.71. The van der Waals surface area contributed by atoms with Gasteiger partial charge in [-0.25, -0.2) is 4.98 Å². The molecule has 172 valence electrons. The SMILES string of the molecule is O=C1CCCN1CCCNCc1cc2cc3c(cc2nc1N1CCCC(CO)C1)OCO3. The number of rotatable bonds is 8. The molecule has 4 heterocycles. The Labute approximate surface area is 188 Å². The van der Waals surface area contributed by atoms with Crippen LogP contribution in [0, 0.1) is 5.92 Å². The van der Waals surface area contributed by atoms with E-state index in [1.165, 1.54) is 0 Å². The summed E-state index contributed by atoms with van der Waals surface area (Å²) < 4.78 is 11.1. The van der Waals surface area contributed by atoms with E-state index in [1.54, 1.807) is 0 Å². The van der Waals surface area contributed by atoms with Gasteiger partial charge in [-0.15, -0.1) is 0 Å².